The summed E-state index contributed by atoms with van der Waals surface area (Å²) in [6.07, 6.45) is 3.14. The van der Waals surface area contributed by atoms with E-state index in [1.807, 2.05) is 24.3 Å². The average molecular weight is 337 g/mol. The highest BCUT2D eigenvalue weighted by molar-refractivity contribution is 8.22. The van der Waals surface area contributed by atoms with Crippen molar-refractivity contribution in [2.45, 2.75) is 5.75 Å². The molecule has 0 amide bonds. The zero-order chi connectivity index (χ0) is 16.4. The standard InChI is InChI=1S/C16H19NO3S2/c1-4-9-17-16(21)22-11-12-7-5-6-8-13(12)14(10-19-2)15(18)20-3/h4-8,10H,1,9,11H2,2-3H3,(H,17,21)/b14-10+. The Balaban J connectivity index is 2.93. The van der Waals surface area contributed by atoms with E-state index >= 15 is 0 Å². The SMILES string of the molecule is C=CCNC(=S)SCc1ccccc1/C(=C\OC)C(=O)OC. The summed E-state index contributed by atoms with van der Waals surface area (Å²) in [5.41, 5.74) is 2.13. The molecule has 1 aromatic carbocycles. The van der Waals surface area contributed by atoms with Gasteiger partial charge in [-0.15, -0.1) is 6.58 Å². The lowest BCUT2D eigenvalue weighted by Crippen LogP contribution is -2.18. The van der Waals surface area contributed by atoms with E-state index in [2.05, 4.69) is 11.9 Å². The van der Waals surface area contributed by atoms with Crippen molar-refractivity contribution < 1.29 is 14.3 Å². The Kier molecular flexibility index (Phi) is 8.32. The van der Waals surface area contributed by atoms with Gasteiger partial charge in [-0.05, 0) is 11.1 Å². The van der Waals surface area contributed by atoms with Crippen LogP contribution >= 0.6 is 24.0 Å². The van der Waals surface area contributed by atoms with Crippen molar-refractivity contribution in [2.75, 3.05) is 20.8 Å². The molecule has 22 heavy (non-hydrogen) atoms. The molecule has 1 N–H and O–H groups in total. The molecule has 1 aromatic rings. The molecule has 0 heterocycles. The first-order valence-electron chi connectivity index (χ1n) is 6.55. The molecule has 0 fully saturated rings. The third-order valence-electron chi connectivity index (χ3n) is 2.70. The van der Waals surface area contributed by atoms with Crippen LogP contribution < -0.4 is 5.32 Å². The second-order valence-electron chi connectivity index (χ2n) is 4.16. The van der Waals surface area contributed by atoms with Crippen LogP contribution in [0.3, 0.4) is 0 Å². The Morgan fingerprint density at radius 1 is 1.41 bits per heavy atom. The third-order valence-corrected chi connectivity index (χ3v) is 4.06. The molecular weight excluding hydrogens is 318 g/mol. The molecule has 6 heteroatoms. The quantitative estimate of drug-likeness (QED) is 0.271. The van der Waals surface area contributed by atoms with E-state index in [0.29, 0.717) is 22.2 Å². The Hall–Kier alpha value is -1.79. The third kappa shape index (κ3) is 5.54. The molecular formula is C16H19NO3S2. The average Bonchev–Trinajstić information content (AvgIpc) is 2.55. The molecule has 1 rings (SSSR count). The van der Waals surface area contributed by atoms with Crippen molar-refractivity contribution in [3.8, 4) is 0 Å². The molecule has 0 saturated carbocycles. The second kappa shape index (κ2) is 10.0. The highest BCUT2D eigenvalue weighted by atomic mass is 32.2. The summed E-state index contributed by atoms with van der Waals surface area (Å²) in [7, 11) is 2.84. The van der Waals surface area contributed by atoms with Gasteiger partial charge >= 0.3 is 5.97 Å². The maximum atomic E-state index is 11.9. The second-order valence-corrected chi connectivity index (χ2v) is 5.81. The number of thiocarbonyl (C=S) groups is 1. The monoisotopic (exact) mass is 337 g/mol. The molecule has 0 spiro atoms. The summed E-state index contributed by atoms with van der Waals surface area (Å²) in [6, 6.07) is 7.59. The van der Waals surface area contributed by atoms with Crippen molar-refractivity contribution >= 4 is 39.8 Å². The number of carbonyl (C=O) groups is 1. The van der Waals surface area contributed by atoms with Crippen molar-refractivity contribution in [1.29, 1.82) is 0 Å². The topological polar surface area (TPSA) is 47.6 Å². The fourth-order valence-electron chi connectivity index (χ4n) is 1.71. The van der Waals surface area contributed by atoms with Gasteiger partial charge in [-0.3, -0.25) is 0 Å². The van der Waals surface area contributed by atoms with Crippen LogP contribution in [0.5, 0.6) is 0 Å². The van der Waals surface area contributed by atoms with Crippen LogP contribution in [0.1, 0.15) is 11.1 Å². The van der Waals surface area contributed by atoms with Gasteiger partial charge in [0.2, 0.25) is 0 Å². The van der Waals surface area contributed by atoms with Gasteiger partial charge in [0, 0.05) is 12.3 Å². The Morgan fingerprint density at radius 2 is 2.14 bits per heavy atom. The summed E-state index contributed by atoms with van der Waals surface area (Å²) in [5, 5.41) is 3.06. The Morgan fingerprint density at radius 3 is 2.77 bits per heavy atom. The van der Waals surface area contributed by atoms with Crippen LogP contribution in [0.4, 0.5) is 0 Å². The number of hydrogen-bond acceptors (Lipinski definition) is 5. The smallest absolute Gasteiger partial charge is 0.341 e. The fraction of sp³-hybridized carbons (Fsp3) is 0.250. The molecule has 0 radical (unpaired) electrons. The molecule has 0 aliphatic heterocycles. The number of hydrogen-bond donors (Lipinski definition) is 1. The summed E-state index contributed by atoms with van der Waals surface area (Å²) < 4.78 is 10.5. The van der Waals surface area contributed by atoms with Gasteiger partial charge in [-0.2, -0.15) is 0 Å². The van der Waals surface area contributed by atoms with Gasteiger partial charge in [-0.1, -0.05) is 54.3 Å². The predicted molar refractivity (Wildman–Crippen MR) is 95.5 cm³/mol. The number of methoxy groups -OCH3 is 2. The highest BCUT2D eigenvalue weighted by Gasteiger charge is 2.16. The molecule has 0 unspecified atom stereocenters. The first kappa shape index (κ1) is 18.3. The van der Waals surface area contributed by atoms with E-state index in [9.17, 15) is 4.79 Å². The number of thioether (sulfide) groups is 1. The number of benzene rings is 1. The van der Waals surface area contributed by atoms with Crippen LogP contribution in [0, 0.1) is 0 Å². The fourth-order valence-corrected chi connectivity index (χ4v) is 2.69. The van der Waals surface area contributed by atoms with Crippen molar-refractivity contribution in [2.24, 2.45) is 0 Å². The summed E-state index contributed by atoms with van der Waals surface area (Å²) >= 11 is 6.72. The summed E-state index contributed by atoms with van der Waals surface area (Å²) in [5.74, 6) is 0.198. The Bertz CT molecular complexity index is 570. The van der Waals surface area contributed by atoms with Crippen molar-refractivity contribution in [3.63, 3.8) is 0 Å². The summed E-state index contributed by atoms with van der Waals surface area (Å²) in [4.78, 5) is 11.9. The molecule has 0 aliphatic rings. The minimum atomic E-state index is -0.438. The minimum Gasteiger partial charge on any atom is -0.503 e. The van der Waals surface area contributed by atoms with Gasteiger partial charge in [-0.25, -0.2) is 4.79 Å². The van der Waals surface area contributed by atoms with E-state index in [0.717, 1.165) is 11.1 Å². The maximum Gasteiger partial charge on any atom is 0.341 e. The molecule has 0 aliphatic carbocycles. The van der Waals surface area contributed by atoms with Crippen molar-refractivity contribution in [1.82, 2.24) is 5.32 Å². The lowest BCUT2D eigenvalue weighted by atomic mass is 10.0. The number of ether oxygens (including phenoxy) is 2. The van der Waals surface area contributed by atoms with E-state index in [4.69, 9.17) is 21.7 Å². The molecule has 0 aromatic heterocycles. The predicted octanol–water partition coefficient (Wildman–Crippen LogP) is 3.14. The molecule has 4 nitrogen and oxygen atoms in total. The first-order valence-corrected chi connectivity index (χ1v) is 7.94. The lowest BCUT2D eigenvalue weighted by molar-refractivity contribution is -0.133. The zero-order valence-corrected chi connectivity index (χ0v) is 14.3. The largest absolute Gasteiger partial charge is 0.503 e. The number of rotatable bonds is 7. The summed E-state index contributed by atoms with van der Waals surface area (Å²) in [6.45, 7) is 4.26. The van der Waals surface area contributed by atoms with Crippen LogP contribution in [-0.4, -0.2) is 31.1 Å². The van der Waals surface area contributed by atoms with Crippen molar-refractivity contribution in [3.05, 3.63) is 54.3 Å². The van der Waals surface area contributed by atoms with Gasteiger partial charge in [0.1, 0.15) is 9.89 Å². The molecule has 0 saturated heterocycles. The van der Waals surface area contributed by atoms with Gasteiger partial charge in [0.15, 0.2) is 0 Å². The lowest BCUT2D eigenvalue weighted by Gasteiger charge is -2.12. The number of carbonyl (C=O) groups excluding carboxylic acids is 1. The Labute approximate surface area is 140 Å². The molecule has 118 valence electrons. The van der Waals surface area contributed by atoms with Gasteiger partial charge in [0.25, 0.3) is 0 Å². The number of esters is 1. The number of nitrogens with one attached hydrogen (secondary N) is 1. The van der Waals surface area contributed by atoms with Crippen LogP contribution in [0.15, 0.2) is 43.2 Å². The maximum absolute atomic E-state index is 11.9. The van der Waals surface area contributed by atoms with E-state index in [1.165, 1.54) is 32.2 Å². The van der Waals surface area contributed by atoms with Crippen LogP contribution in [-0.2, 0) is 20.0 Å². The molecule has 0 bridgehead atoms. The zero-order valence-electron chi connectivity index (χ0n) is 12.6. The highest BCUT2D eigenvalue weighted by Crippen LogP contribution is 2.24. The van der Waals surface area contributed by atoms with E-state index in [1.54, 1.807) is 6.08 Å². The van der Waals surface area contributed by atoms with E-state index < -0.39 is 5.97 Å². The molecule has 0 atom stereocenters. The first-order chi connectivity index (χ1) is 10.6. The minimum absolute atomic E-state index is 0.381. The van der Waals surface area contributed by atoms with E-state index in [-0.39, 0.29) is 0 Å². The van der Waals surface area contributed by atoms with Crippen LogP contribution in [0.25, 0.3) is 5.57 Å². The normalized spacial score (nSPS) is 10.7. The van der Waals surface area contributed by atoms with Gasteiger partial charge < -0.3 is 14.8 Å². The van der Waals surface area contributed by atoms with Crippen LogP contribution in [0.2, 0.25) is 0 Å². The van der Waals surface area contributed by atoms with Gasteiger partial charge in [0.05, 0.1) is 20.5 Å².